The maximum absolute atomic E-state index is 11.7. The average Bonchev–Trinajstić information content (AvgIpc) is 3.46. The summed E-state index contributed by atoms with van der Waals surface area (Å²) in [4.78, 5) is 16.8. The van der Waals surface area contributed by atoms with Crippen molar-refractivity contribution in [2.75, 3.05) is 6.79 Å². The van der Waals surface area contributed by atoms with Gasteiger partial charge in [0.25, 0.3) is 5.69 Å². The standard InChI is InChI=1S/C26H22N4O4S/c1-16-5-8-19(9-6-16)23-14-35-26(28-21-10-17(2)4-7-18(21)3)29(23)27-13-20-11-24-25(34-15-33-24)12-22(20)30(31)32/h4-14H,15H2,1-3H3. The van der Waals surface area contributed by atoms with E-state index in [4.69, 9.17) is 14.5 Å². The molecule has 2 heterocycles. The quantitative estimate of drug-likeness (QED) is 0.200. The summed E-state index contributed by atoms with van der Waals surface area (Å²) in [6.07, 6.45) is 1.46. The first kappa shape index (κ1) is 22.5. The lowest BCUT2D eigenvalue weighted by Crippen LogP contribution is -2.12. The number of fused-ring (bicyclic) bond motifs is 1. The number of nitro benzene ring substituents is 1. The second kappa shape index (κ2) is 9.19. The van der Waals surface area contributed by atoms with Gasteiger partial charge in [0.15, 0.2) is 11.5 Å². The van der Waals surface area contributed by atoms with Crippen LogP contribution in [0.1, 0.15) is 22.3 Å². The number of aryl methyl sites for hydroxylation is 3. The zero-order valence-electron chi connectivity index (χ0n) is 19.4. The number of hydrogen-bond donors (Lipinski definition) is 0. The van der Waals surface area contributed by atoms with Crippen molar-refractivity contribution >= 4 is 28.9 Å². The summed E-state index contributed by atoms with van der Waals surface area (Å²) in [7, 11) is 0. The van der Waals surface area contributed by atoms with Crippen LogP contribution in [-0.2, 0) is 0 Å². The summed E-state index contributed by atoms with van der Waals surface area (Å²) in [6, 6.07) is 17.2. The van der Waals surface area contributed by atoms with Crippen molar-refractivity contribution in [1.82, 2.24) is 4.68 Å². The number of rotatable bonds is 5. The van der Waals surface area contributed by atoms with Crippen molar-refractivity contribution in [3.05, 3.63) is 97.1 Å². The molecule has 1 aromatic heterocycles. The normalized spacial score (nSPS) is 13.1. The minimum atomic E-state index is -0.454. The molecule has 176 valence electrons. The second-order valence-electron chi connectivity index (χ2n) is 8.25. The Balaban J connectivity index is 1.67. The molecule has 0 saturated heterocycles. The molecule has 0 saturated carbocycles. The number of thiazole rings is 1. The van der Waals surface area contributed by atoms with E-state index < -0.39 is 4.92 Å². The Morgan fingerprint density at radius 1 is 1.00 bits per heavy atom. The summed E-state index contributed by atoms with van der Waals surface area (Å²) in [5.41, 5.74) is 6.14. The summed E-state index contributed by atoms with van der Waals surface area (Å²) < 4.78 is 12.4. The Kier molecular flexibility index (Phi) is 5.92. The Morgan fingerprint density at radius 2 is 1.71 bits per heavy atom. The second-order valence-corrected chi connectivity index (χ2v) is 9.09. The topological polar surface area (TPSA) is 91.2 Å². The monoisotopic (exact) mass is 486 g/mol. The van der Waals surface area contributed by atoms with Crippen molar-refractivity contribution in [3.8, 4) is 22.8 Å². The Bertz CT molecular complexity index is 1530. The van der Waals surface area contributed by atoms with E-state index in [0.29, 0.717) is 21.9 Å². The van der Waals surface area contributed by atoms with Crippen LogP contribution in [0.3, 0.4) is 0 Å². The lowest BCUT2D eigenvalue weighted by atomic mass is 10.1. The number of nitro groups is 1. The first-order valence-corrected chi connectivity index (χ1v) is 11.8. The summed E-state index contributed by atoms with van der Waals surface area (Å²) in [5, 5.41) is 18.4. The van der Waals surface area contributed by atoms with Gasteiger partial charge in [0.2, 0.25) is 11.6 Å². The predicted octanol–water partition coefficient (Wildman–Crippen LogP) is 5.89. The van der Waals surface area contributed by atoms with Gasteiger partial charge < -0.3 is 9.47 Å². The minimum Gasteiger partial charge on any atom is -0.454 e. The van der Waals surface area contributed by atoms with Crippen LogP contribution in [0, 0.1) is 30.9 Å². The zero-order chi connectivity index (χ0) is 24.5. The van der Waals surface area contributed by atoms with E-state index in [1.165, 1.54) is 23.6 Å². The van der Waals surface area contributed by atoms with E-state index in [9.17, 15) is 10.1 Å². The molecule has 0 fully saturated rings. The number of nitrogens with zero attached hydrogens (tertiary/aromatic N) is 4. The molecular weight excluding hydrogens is 464 g/mol. The summed E-state index contributed by atoms with van der Waals surface area (Å²) >= 11 is 1.45. The van der Waals surface area contributed by atoms with Crippen LogP contribution >= 0.6 is 11.3 Å². The van der Waals surface area contributed by atoms with Crippen LogP contribution in [0.15, 0.2) is 70.1 Å². The molecule has 35 heavy (non-hydrogen) atoms. The fraction of sp³-hybridized carbons (Fsp3) is 0.154. The first-order valence-electron chi connectivity index (χ1n) is 10.9. The molecule has 4 aromatic rings. The molecule has 1 aliphatic heterocycles. The maximum Gasteiger partial charge on any atom is 0.282 e. The van der Waals surface area contributed by atoms with Gasteiger partial charge in [-0.1, -0.05) is 42.0 Å². The highest BCUT2D eigenvalue weighted by Gasteiger charge is 2.22. The van der Waals surface area contributed by atoms with Gasteiger partial charge in [-0.2, -0.15) is 5.10 Å². The van der Waals surface area contributed by atoms with E-state index in [1.807, 2.05) is 68.6 Å². The molecule has 0 radical (unpaired) electrons. The Hall–Kier alpha value is -4.24. The predicted molar refractivity (Wildman–Crippen MR) is 136 cm³/mol. The number of ether oxygens (including phenoxy) is 2. The third-order valence-corrected chi connectivity index (χ3v) is 6.46. The van der Waals surface area contributed by atoms with Gasteiger partial charge in [-0.25, -0.2) is 9.67 Å². The molecule has 0 atom stereocenters. The van der Waals surface area contributed by atoms with E-state index in [2.05, 4.69) is 5.10 Å². The van der Waals surface area contributed by atoms with Gasteiger partial charge in [-0.3, -0.25) is 10.1 Å². The van der Waals surface area contributed by atoms with Gasteiger partial charge in [0.05, 0.1) is 34.1 Å². The molecule has 0 amide bonds. The number of aromatic nitrogens is 1. The lowest BCUT2D eigenvalue weighted by molar-refractivity contribution is -0.385. The molecule has 9 heteroatoms. The lowest BCUT2D eigenvalue weighted by Gasteiger charge is -2.06. The fourth-order valence-electron chi connectivity index (χ4n) is 3.68. The van der Waals surface area contributed by atoms with Crippen LogP contribution in [0.4, 0.5) is 11.4 Å². The zero-order valence-corrected chi connectivity index (χ0v) is 20.2. The third-order valence-electron chi connectivity index (χ3n) is 5.64. The molecule has 0 N–H and O–H groups in total. The fourth-order valence-corrected chi connectivity index (χ4v) is 4.53. The smallest absolute Gasteiger partial charge is 0.282 e. The Labute approximate surface area is 205 Å². The minimum absolute atomic E-state index is 0.0306. The molecule has 0 spiro atoms. The van der Waals surface area contributed by atoms with Crippen LogP contribution in [0.25, 0.3) is 11.3 Å². The van der Waals surface area contributed by atoms with Crippen molar-refractivity contribution < 1.29 is 14.4 Å². The van der Waals surface area contributed by atoms with Gasteiger partial charge in [0, 0.05) is 10.9 Å². The van der Waals surface area contributed by atoms with E-state index in [0.717, 1.165) is 33.6 Å². The van der Waals surface area contributed by atoms with E-state index >= 15 is 0 Å². The van der Waals surface area contributed by atoms with Crippen molar-refractivity contribution in [1.29, 1.82) is 0 Å². The van der Waals surface area contributed by atoms with Crippen molar-refractivity contribution in [2.24, 2.45) is 10.1 Å². The molecule has 0 bridgehead atoms. The number of hydrogen-bond acceptors (Lipinski definition) is 7. The summed E-state index contributed by atoms with van der Waals surface area (Å²) in [6.45, 7) is 6.10. The average molecular weight is 487 g/mol. The molecule has 5 rings (SSSR count). The van der Waals surface area contributed by atoms with Gasteiger partial charge in [-0.15, -0.1) is 11.3 Å². The molecule has 0 aliphatic carbocycles. The third kappa shape index (κ3) is 4.58. The van der Waals surface area contributed by atoms with Crippen molar-refractivity contribution in [2.45, 2.75) is 20.8 Å². The summed E-state index contributed by atoms with van der Waals surface area (Å²) in [5.74, 6) is 0.800. The molecule has 0 unspecified atom stereocenters. The number of benzene rings is 3. The van der Waals surface area contributed by atoms with Gasteiger partial charge >= 0.3 is 0 Å². The van der Waals surface area contributed by atoms with Crippen LogP contribution in [-0.4, -0.2) is 22.6 Å². The van der Waals surface area contributed by atoms with Gasteiger partial charge in [-0.05, 0) is 44.0 Å². The molecule has 1 aliphatic rings. The molecule has 8 nitrogen and oxygen atoms in total. The van der Waals surface area contributed by atoms with Crippen LogP contribution in [0.5, 0.6) is 11.5 Å². The Morgan fingerprint density at radius 3 is 2.46 bits per heavy atom. The molecular formula is C26H22N4O4S. The van der Waals surface area contributed by atoms with Crippen LogP contribution < -0.4 is 14.3 Å². The highest BCUT2D eigenvalue weighted by molar-refractivity contribution is 7.07. The van der Waals surface area contributed by atoms with Crippen LogP contribution in [0.2, 0.25) is 0 Å². The first-order chi connectivity index (χ1) is 16.9. The highest BCUT2D eigenvalue weighted by atomic mass is 32.1. The van der Waals surface area contributed by atoms with E-state index in [1.54, 1.807) is 10.7 Å². The molecule has 3 aromatic carbocycles. The SMILES string of the molecule is Cc1ccc(-c2csc(=Nc3cc(C)ccc3C)n2N=Cc2cc3c(cc2[N+](=O)[O-])OCO3)cc1. The van der Waals surface area contributed by atoms with Gasteiger partial charge in [0.1, 0.15) is 0 Å². The maximum atomic E-state index is 11.7. The highest BCUT2D eigenvalue weighted by Crippen LogP contribution is 2.37. The largest absolute Gasteiger partial charge is 0.454 e. The van der Waals surface area contributed by atoms with E-state index in [-0.39, 0.29) is 12.5 Å². The van der Waals surface area contributed by atoms with Crippen molar-refractivity contribution in [3.63, 3.8) is 0 Å².